The number of anilines is 1. The van der Waals surface area contributed by atoms with Gasteiger partial charge >= 0.3 is 0 Å². The molecule has 1 saturated heterocycles. The Bertz CT molecular complexity index is 395. The van der Waals surface area contributed by atoms with Gasteiger partial charge in [0.25, 0.3) is 5.91 Å². The number of aryl methyl sites for hydroxylation is 2. The lowest BCUT2D eigenvalue weighted by Crippen LogP contribution is -2.27. The van der Waals surface area contributed by atoms with Crippen molar-refractivity contribution >= 4 is 11.6 Å². The molecule has 0 spiro atoms. The van der Waals surface area contributed by atoms with E-state index in [9.17, 15) is 4.79 Å². The summed E-state index contributed by atoms with van der Waals surface area (Å²) in [6, 6.07) is 6.00. The van der Waals surface area contributed by atoms with Crippen LogP contribution >= 0.6 is 0 Å². The van der Waals surface area contributed by atoms with E-state index in [0.717, 1.165) is 24.1 Å². The van der Waals surface area contributed by atoms with Crippen molar-refractivity contribution in [2.45, 2.75) is 32.8 Å². The first-order valence-corrected chi connectivity index (χ1v) is 5.66. The third-order valence-electron chi connectivity index (χ3n) is 2.86. The number of benzene rings is 1. The molecule has 2 rings (SSSR count). The van der Waals surface area contributed by atoms with E-state index in [1.807, 2.05) is 26.0 Å². The summed E-state index contributed by atoms with van der Waals surface area (Å²) in [6.07, 6.45) is 1.54. The first-order valence-electron chi connectivity index (χ1n) is 5.66. The van der Waals surface area contributed by atoms with Gasteiger partial charge < -0.3 is 10.1 Å². The van der Waals surface area contributed by atoms with Crippen molar-refractivity contribution in [3.8, 4) is 0 Å². The molecule has 16 heavy (non-hydrogen) atoms. The third kappa shape index (κ3) is 2.42. The van der Waals surface area contributed by atoms with Crippen LogP contribution in [-0.4, -0.2) is 18.6 Å². The summed E-state index contributed by atoms with van der Waals surface area (Å²) in [5.74, 6) is -0.0237. The average Bonchev–Trinajstić information content (AvgIpc) is 2.75. The molecule has 1 aliphatic rings. The lowest BCUT2D eigenvalue weighted by atomic mass is 10.1. The minimum Gasteiger partial charge on any atom is -0.368 e. The van der Waals surface area contributed by atoms with Gasteiger partial charge in [0.1, 0.15) is 6.10 Å². The molecule has 1 atom stereocenters. The molecule has 1 N–H and O–H groups in total. The Morgan fingerprint density at radius 1 is 1.44 bits per heavy atom. The lowest BCUT2D eigenvalue weighted by Gasteiger charge is -2.12. The Kier molecular flexibility index (Phi) is 3.25. The summed E-state index contributed by atoms with van der Waals surface area (Å²) in [4.78, 5) is 11.8. The second-order valence-corrected chi connectivity index (χ2v) is 4.31. The number of ether oxygens (including phenoxy) is 1. The van der Waals surface area contributed by atoms with Gasteiger partial charge in [0.2, 0.25) is 0 Å². The molecule has 3 heteroatoms. The summed E-state index contributed by atoms with van der Waals surface area (Å²) >= 11 is 0. The van der Waals surface area contributed by atoms with Gasteiger partial charge in [-0.1, -0.05) is 17.7 Å². The molecule has 0 unspecified atom stereocenters. The number of amides is 1. The lowest BCUT2D eigenvalue weighted by molar-refractivity contribution is -0.124. The fourth-order valence-electron chi connectivity index (χ4n) is 1.95. The van der Waals surface area contributed by atoms with Crippen molar-refractivity contribution in [1.82, 2.24) is 0 Å². The molecule has 0 bridgehead atoms. The van der Waals surface area contributed by atoms with Crippen molar-refractivity contribution in [3.05, 3.63) is 29.3 Å². The number of carbonyl (C=O) groups is 1. The Labute approximate surface area is 95.8 Å². The van der Waals surface area contributed by atoms with E-state index in [1.54, 1.807) is 0 Å². The van der Waals surface area contributed by atoms with Crippen LogP contribution in [0.25, 0.3) is 0 Å². The van der Waals surface area contributed by atoms with Crippen LogP contribution in [0.5, 0.6) is 0 Å². The van der Waals surface area contributed by atoms with E-state index >= 15 is 0 Å². The zero-order valence-electron chi connectivity index (χ0n) is 9.75. The maximum atomic E-state index is 11.8. The summed E-state index contributed by atoms with van der Waals surface area (Å²) in [7, 11) is 0. The van der Waals surface area contributed by atoms with Gasteiger partial charge in [0, 0.05) is 12.3 Å². The van der Waals surface area contributed by atoms with Crippen molar-refractivity contribution in [3.63, 3.8) is 0 Å². The Morgan fingerprint density at radius 3 is 2.88 bits per heavy atom. The summed E-state index contributed by atoms with van der Waals surface area (Å²) in [6.45, 7) is 4.74. The predicted octanol–water partition coefficient (Wildman–Crippen LogP) is 2.42. The molecule has 1 fully saturated rings. The van der Waals surface area contributed by atoms with Crippen molar-refractivity contribution in [2.75, 3.05) is 11.9 Å². The zero-order valence-corrected chi connectivity index (χ0v) is 9.75. The Morgan fingerprint density at radius 2 is 2.25 bits per heavy atom. The summed E-state index contributed by atoms with van der Waals surface area (Å²) in [5.41, 5.74) is 3.17. The van der Waals surface area contributed by atoms with Crippen molar-refractivity contribution in [1.29, 1.82) is 0 Å². The van der Waals surface area contributed by atoms with Crippen molar-refractivity contribution < 1.29 is 9.53 Å². The molecule has 1 heterocycles. The molecule has 1 aromatic carbocycles. The van der Waals surface area contributed by atoms with Gasteiger partial charge in [-0.15, -0.1) is 0 Å². The fourth-order valence-corrected chi connectivity index (χ4v) is 1.95. The molecule has 86 valence electrons. The maximum absolute atomic E-state index is 11.8. The molecule has 1 amide bonds. The minimum absolute atomic E-state index is 0.0237. The number of rotatable bonds is 2. The van der Waals surface area contributed by atoms with Crippen LogP contribution in [0.2, 0.25) is 0 Å². The van der Waals surface area contributed by atoms with E-state index in [0.29, 0.717) is 6.61 Å². The van der Waals surface area contributed by atoms with Crippen LogP contribution in [0.4, 0.5) is 5.69 Å². The van der Waals surface area contributed by atoms with Crippen LogP contribution in [0.15, 0.2) is 18.2 Å². The highest BCUT2D eigenvalue weighted by atomic mass is 16.5. The van der Waals surface area contributed by atoms with Crippen molar-refractivity contribution in [2.24, 2.45) is 0 Å². The highest BCUT2D eigenvalue weighted by Gasteiger charge is 2.23. The monoisotopic (exact) mass is 219 g/mol. The molecular weight excluding hydrogens is 202 g/mol. The van der Waals surface area contributed by atoms with E-state index in [1.165, 1.54) is 5.56 Å². The third-order valence-corrected chi connectivity index (χ3v) is 2.86. The molecule has 0 aliphatic carbocycles. The number of hydrogen-bond donors (Lipinski definition) is 1. The summed E-state index contributed by atoms with van der Waals surface area (Å²) in [5, 5.41) is 2.92. The average molecular weight is 219 g/mol. The van der Waals surface area contributed by atoms with Gasteiger partial charge in [-0.3, -0.25) is 4.79 Å². The predicted molar refractivity (Wildman–Crippen MR) is 63.5 cm³/mol. The second kappa shape index (κ2) is 4.66. The van der Waals surface area contributed by atoms with Crippen LogP contribution in [0.1, 0.15) is 24.0 Å². The zero-order chi connectivity index (χ0) is 11.5. The first kappa shape index (κ1) is 11.1. The van der Waals surface area contributed by atoms with Gasteiger partial charge in [-0.2, -0.15) is 0 Å². The van der Waals surface area contributed by atoms with Gasteiger partial charge in [0.05, 0.1) is 0 Å². The van der Waals surface area contributed by atoms with Gasteiger partial charge in [-0.05, 0) is 38.3 Å². The highest BCUT2D eigenvalue weighted by Crippen LogP contribution is 2.19. The molecule has 0 radical (unpaired) electrons. The quantitative estimate of drug-likeness (QED) is 0.829. The Balaban J connectivity index is 2.05. The van der Waals surface area contributed by atoms with Crippen LogP contribution in [-0.2, 0) is 9.53 Å². The van der Waals surface area contributed by atoms with Crippen LogP contribution in [0, 0.1) is 13.8 Å². The van der Waals surface area contributed by atoms with E-state index in [4.69, 9.17) is 4.74 Å². The molecule has 0 aromatic heterocycles. The highest BCUT2D eigenvalue weighted by molar-refractivity contribution is 5.94. The van der Waals surface area contributed by atoms with Crippen LogP contribution in [0.3, 0.4) is 0 Å². The first-order chi connectivity index (χ1) is 7.66. The van der Waals surface area contributed by atoms with Gasteiger partial charge in [-0.25, -0.2) is 0 Å². The smallest absolute Gasteiger partial charge is 0.253 e. The standard InChI is InChI=1S/C13H17NO2/c1-9-5-6-11(10(2)8-9)14-13(15)12-4-3-7-16-12/h5-6,8,12H,3-4,7H2,1-2H3,(H,14,15)/t12-/m0/s1. The SMILES string of the molecule is Cc1ccc(NC(=O)[C@@H]2CCCO2)c(C)c1. The number of carbonyl (C=O) groups excluding carboxylic acids is 1. The van der Waals surface area contributed by atoms with Crippen LogP contribution < -0.4 is 5.32 Å². The normalized spacial score (nSPS) is 19.8. The van der Waals surface area contributed by atoms with E-state index in [2.05, 4.69) is 11.4 Å². The molecular formula is C13H17NO2. The Hall–Kier alpha value is -1.35. The maximum Gasteiger partial charge on any atom is 0.253 e. The molecule has 1 aliphatic heterocycles. The molecule has 0 saturated carbocycles. The topological polar surface area (TPSA) is 38.3 Å². The number of nitrogens with one attached hydrogen (secondary N) is 1. The minimum atomic E-state index is -0.263. The summed E-state index contributed by atoms with van der Waals surface area (Å²) < 4.78 is 5.34. The second-order valence-electron chi connectivity index (χ2n) is 4.31. The molecule has 1 aromatic rings. The number of hydrogen-bond acceptors (Lipinski definition) is 2. The fraction of sp³-hybridized carbons (Fsp3) is 0.462. The molecule has 3 nitrogen and oxygen atoms in total. The van der Waals surface area contributed by atoms with E-state index < -0.39 is 0 Å². The largest absolute Gasteiger partial charge is 0.368 e. The van der Waals surface area contributed by atoms with Gasteiger partial charge in [0.15, 0.2) is 0 Å². The van der Waals surface area contributed by atoms with E-state index in [-0.39, 0.29) is 12.0 Å².